The molecule has 84 valence electrons. The second-order valence-electron chi connectivity index (χ2n) is 3.48. The van der Waals surface area contributed by atoms with E-state index in [-0.39, 0.29) is 5.91 Å². The van der Waals surface area contributed by atoms with Crippen molar-refractivity contribution in [3.05, 3.63) is 35.9 Å². The minimum Gasteiger partial charge on any atom is -0.342 e. The number of carbonyl (C=O) groups excluding carboxylic acids is 3. The molecule has 1 atom stereocenters. The average Bonchev–Trinajstić information content (AvgIpc) is 2.28. The monoisotopic (exact) mass is 219 g/mol. The van der Waals surface area contributed by atoms with Crippen LogP contribution in [0.25, 0.3) is 0 Å². The quantitative estimate of drug-likeness (QED) is 0.767. The number of Topliss-reactive ketones (excluding diaryl/α,β-unsaturated/α-hetero) is 2. The van der Waals surface area contributed by atoms with Gasteiger partial charge in [-0.05, 0) is 19.1 Å². The molecule has 1 N–H and O–H groups in total. The summed E-state index contributed by atoms with van der Waals surface area (Å²) >= 11 is 0. The zero-order valence-corrected chi connectivity index (χ0v) is 9.19. The van der Waals surface area contributed by atoms with Gasteiger partial charge in [-0.3, -0.25) is 14.4 Å². The molecule has 16 heavy (non-hydrogen) atoms. The van der Waals surface area contributed by atoms with Gasteiger partial charge in [0.05, 0.1) is 6.04 Å². The largest absolute Gasteiger partial charge is 0.342 e. The molecule has 1 aromatic carbocycles. The van der Waals surface area contributed by atoms with E-state index in [9.17, 15) is 14.4 Å². The highest BCUT2D eigenvalue weighted by atomic mass is 16.2. The summed E-state index contributed by atoms with van der Waals surface area (Å²) in [5.74, 6) is -1.51. The summed E-state index contributed by atoms with van der Waals surface area (Å²) < 4.78 is 0. The number of benzene rings is 1. The van der Waals surface area contributed by atoms with Crippen LogP contribution in [0.1, 0.15) is 24.2 Å². The van der Waals surface area contributed by atoms with Gasteiger partial charge < -0.3 is 5.32 Å². The van der Waals surface area contributed by atoms with Gasteiger partial charge in [-0.1, -0.05) is 18.2 Å². The highest BCUT2D eigenvalue weighted by Crippen LogP contribution is 1.99. The van der Waals surface area contributed by atoms with Crippen LogP contribution in [0.2, 0.25) is 0 Å². The zero-order chi connectivity index (χ0) is 12.1. The SMILES string of the molecule is CC(=O)C(=O)C(C)NC(=O)c1ccccc1. The molecule has 0 aromatic heterocycles. The zero-order valence-electron chi connectivity index (χ0n) is 9.19. The number of ketones is 2. The van der Waals surface area contributed by atoms with Gasteiger partial charge in [-0.15, -0.1) is 0 Å². The van der Waals surface area contributed by atoms with Crippen molar-refractivity contribution >= 4 is 17.5 Å². The van der Waals surface area contributed by atoms with Crippen LogP contribution in [0.4, 0.5) is 0 Å². The van der Waals surface area contributed by atoms with E-state index in [1.54, 1.807) is 30.3 Å². The first kappa shape index (κ1) is 12.1. The first-order valence-electron chi connectivity index (χ1n) is 4.93. The van der Waals surface area contributed by atoms with Crippen LogP contribution in [0, 0.1) is 0 Å². The number of amides is 1. The first-order valence-corrected chi connectivity index (χ1v) is 4.93. The fourth-order valence-electron chi connectivity index (χ4n) is 1.24. The van der Waals surface area contributed by atoms with Crippen LogP contribution in [0.5, 0.6) is 0 Å². The van der Waals surface area contributed by atoms with E-state index < -0.39 is 17.6 Å². The molecular weight excluding hydrogens is 206 g/mol. The van der Waals surface area contributed by atoms with Crippen molar-refractivity contribution in [3.63, 3.8) is 0 Å². The fourth-order valence-corrected chi connectivity index (χ4v) is 1.24. The summed E-state index contributed by atoms with van der Waals surface area (Å²) in [6.07, 6.45) is 0. The standard InChI is InChI=1S/C12H13NO3/c1-8(11(15)9(2)14)13-12(16)10-6-4-3-5-7-10/h3-8H,1-2H3,(H,13,16). The van der Waals surface area contributed by atoms with Crippen molar-refractivity contribution in [2.45, 2.75) is 19.9 Å². The van der Waals surface area contributed by atoms with E-state index in [0.717, 1.165) is 0 Å². The molecule has 0 aliphatic heterocycles. The van der Waals surface area contributed by atoms with E-state index in [1.807, 2.05) is 0 Å². The van der Waals surface area contributed by atoms with E-state index in [0.29, 0.717) is 5.56 Å². The van der Waals surface area contributed by atoms with E-state index >= 15 is 0 Å². The Morgan fingerprint density at radius 2 is 1.69 bits per heavy atom. The number of hydrogen-bond donors (Lipinski definition) is 1. The molecule has 0 aliphatic carbocycles. The van der Waals surface area contributed by atoms with E-state index in [4.69, 9.17) is 0 Å². The number of carbonyl (C=O) groups is 3. The van der Waals surface area contributed by atoms with Gasteiger partial charge >= 0.3 is 0 Å². The van der Waals surface area contributed by atoms with Crippen LogP contribution >= 0.6 is 0 Å². The molecule has 1 aromatic rings. The van der Waals surface area contributed by atoms with Gasteiger partial charge in [-0.2, -0.15) is 0 Å². The van der Waals surface area contributed by atoms with Gasteiger partial charge in [0.2, 0.25) is 5.78 Å². The van der Waals surface area contributed by atoms with Gasteiger partial charge in [0, 0.05) is 12.5 Å². The lowest BCUT2D eigenvalue weighted by molar-refractivity contribution is -0.136. The van der Waals surface area contributed by atoms with Gasteiger partial charge in [0.15, 0.2) is 5.78 Å². The van der Waals surface area contributed by atoms with E-state index in [2.05, 4.69) is 5.32 Å². The highest BCUT2D eigenvalue weighted by Gasteiger charge is 2.19. The van der Waals surface area contributed by atoms with Crippen LogP contribution < -0.4 is 5.32 Å². The van der Waals surface area contributed by atoms with Crippen molar-refractivity contribution in [1.29, 1.82) is 0 Å². The smallest absolute Gasteiger partial charge is 0.251 e. The predicted molar refractivity (Wildman–Crippen MR) is 59.1 cm³/mol. The van der Waals surface area contributed by atoms with Crippen LogP contribution in [0.15, 0.2) is 30.3 Å². The molecule has 0 fully saturated rings. The third kappa shape index (κ3) is 3.02. The van der Waals surface area contributed by atoms with E-state index in [1.165, 1.54) is 13.8 Å². The lowest BCUT2D eigenvalue weighted by Crippen LogP contribution is -2.41. The Morgan fingerprint density at radius 1 is 1.12 bits per heavy atom. The maximum Gasteiger partial charge on any atom is 0.251 e. The molecule has 0 saturated carbocycles. The van der Waals surface area contributed by atoms with Crippen LogP contribution in [0.3, 0.4) is 0 Å². The van der Waals surface area contributed by atoms with Crippen LogP contribution in [-0.2, 0) is 9.59 Å². The third-order valence-corrected chi connectivity index (χ3v) is 2.12. The molecular formula is C12H13NO3. The molecule has 0 saturated heterocycles. The van der Waals surface area contributed by atoms with Crippen molar-refractivity contribution in [3.8, 4) is 0 Å². The second-order valence-corrected chi connectivity index (χ2v) is 3.48. The second kappa shape index (κ2) is 5.21. The Labute approximate surface area is 93.7 Å². The van der Waals surface area contributed by atoms with Crippen molar-refractivity contribution < 1.29 is 14.4 Å². The molecule has 1 amide bonds. The molecule has 0 heterocycles. The summed E-state index contributed by atoms with van der Waals surface area (Å²) in [7, 11) is 0. The molecule has 1 unspecified atom stereocenters. The maximum absolute atomic E-state index is 11.6. The number of nitrogens with one attached hydrogen (secondary N) is 1. The normalized spacial score (nSPS) is 11.6. The Hall–Kier alpha value is -1.97. The molecule has 0 aliphatic rings. The summed E-state index contributed by atoms with van der Waals surface area (Å²) in [5.41, 5.74) is 0.464. The summed E-state index contributed by atoms with van der Waals surface area (Å²) in [5, 5.41) is 2.47. The first-order chi connectivity index (χ1) is 7.52. The van der Waals surface area contributed by atoms with Crippen LogP contribution in [-0.4, -0.2) is 23.5 Å². The molecule has 0 radical (unpaired) electrons. The van der Waals surface area contributed by atoms with Crippen molar-refractivity contribution in [1.82, 2.24) is 5.32 Å². The lowest BCUT2D eigenvalue weighted by atomic mass is 10.1. The number of hydrogen-bond acceptors (Lipinski definition) is 3. The molecule has 0 bridgehead atoms. The molecule has 0 spiro atoms. The minimum atomic E-state index is -0.787. The Morgan fingerprint density at radius 3 is 2.19 bits per heavy atom. The summed E-state index contributed by atoms with van der Waals surface area (Å²) in [6, 6.07) is 7.74. The Kier molecular flexibility index (Phi) is 3.94. The summed E-state index contributed by atoms with van der Waals surface area (Å²) in [4.78, 5) is 33.7. The molecule has 4 nitrogen and oxygen atoms in total. The fraction of sp³-hybridized carbons (Fsp3) is 0.250. The third-order valence-electron chi connectivity index (χ3n) is 2.12. The minimum absolute atomic E-state index is 0.359. The molecule has 1 rings (SSSR count). The predicted octanol–water partition coefficient (Wildman–Crippen LogP) is 0.963. The number of rotatable bonds is 4. The highest BCUT2D eigenvalue weighted by molar-refractivity contribution is 6.38. The van der Waals surface area contributed by atoms with Gasteiger partial charge in [0.25, 0.3) is 5.91 Å². The van der Waals surface area contributed by atoms with Crippen molar-refractivity contribution in [2.75, 3.05) is 0 Å². The van der Waals surface area contributed by atoms with Gasteiger partial charge in [0.1, 0.15) is 0 Å². The lowest BCUT2D eigenvalue weighted by Gasteiger charge is -2.10. The topological polar surface area (TPSA) is 63.2 Å². The van der Waals surface area contributed by atoms with Gasteiger partial charge in [-0.25, -0.2) is 0 Å². The molecule has 4 heteroatoms. The Bertz CT molecular complexity index is 412. The average molecular weight is 219 g/mol. The van der Waals surface area contributed by atoms with Crippen molar-refractivity contribution in [2.24, 2.45) is 0 Å². The maximum atomic E-state index is 11.6. The Balaban J connectivity index is 2.66. The summed E-state index contributed by atoms with van der Waals surface area (Å²) in [6.45, 7) is 2.68.